The van der Waals surface area contributed by atoms with Crippen molar-refractivity contribution in [2.24, 2.45) is 0 Å². The Morgan fingerprint density at radius 2 is 1.52 bits per heavy atom. The Morgan fingerprint density at radius 3 is 2.14 bits per heavy atom. The number of benzene rings is 2. The van der Waals surface area contributed by atoms with E-state index in [1.54, 1.807) is 24.3 Å². The average Bonchev–Trinajstić information content (AvgIpc) is 2.84. The number of rotatable bonds is 3. The normalized spacial score (nSPS) is 21.5. The Hall–Kier alpha value is -2.52. The van der Waals surface area contributed by atoms with Crippen LogP contribution in [0.2, 0.25) is 0 Å². The molecule has 0 radical (unpaired) electrons. The molecular formula is C18H14O3. The molecule has 1 fully saturated rings. The van der Waals surface area contributed by atoms with Crippen LogP contribution in [0.15, 0.2) is 72.8 Å². The molecule has 21 heavy (non-hydrogen) atoms. The monoisotopic (exact) mass is 278 g/mol. The molecule has 0 N–H and O–H groups in total. The van der Waals surface area contributed by atoms with Crippen molar-refractivity contribution in [2.75, 3.05) is 0 Å². The third-order valence-electron chi connectivity index (χ3n) is 3.54. The predicted octanol–water partition coefficient (Wildman–Crippen LogP) is 3.13. The summed E-state index contributed by atoms with van der Waals surface area (Å²) in [6.07, 6.45) is -1.64. The molecule has 1 saturated heterocycles. The number of hydrogen-bond donors (Lipinski definition) is 0. The molecule has 1 aliphatic heterocycles. The summed E-state index contributed by atoms with van der Waals surface area (Å²) >= 11 is 0. The SMILES string of the molecule is C=C1C(=O)C(C(=O)c2ccccc2)OC1c1ccccc1. The van der Waals surface area contributed by atoms with Gasteiger partial charge in [-0.1, -0.05) is 67.2 Å². The lowest BCUT2D eigenvalue weighted by atomic mass is 9.98. The van der Waals surface area contributed by atoms with Gasteiger partial charge in [0.1, 0.15) is 6.10 Å². The van der Waals surface area contributed by atoms with E-state index in [0.29, 0.717) is 11.1 Å². The Morgan fingerprint density at radius 1 is 0.952 bits per heavy atom. The molecule has 3 heteroatoms. The fourth-order valence-corrected chi connectivity index (χ4v) is 2.42. The average molecular weight is 278 g/mol. The van der Waals surface area contributed by atoms with Crippen molar-refractivity contribution in [2.45, 2.75) is 12.2 Å². The van der Waals surface area contributed by atoms with Crippen LogP contribution >= 0.6 is 0 Å². The lowest BCUT2D eigenvalue weighted by Crippen LogP contribution is -2.27. The molecule has 0 bridgehead atoms. The molecule has 2 unspecified atom stereocenters. The van der Waals surface area contributed by atoms with Crippen LogP contribution in [0, 0.1) is 0 Å². The second-order valence-electron chi connectivity index (χ2n) is 4.93. The van der Waals surface area contributed by atoms with Crippen molar-refractivity contribution in [1.29, 1.82) is 0 Å². The summed E-state index contributed by atoms with van der Waals surface area (Å²) < 4.78 is 5.69. The van der Waals surface area contributed by atoms with Crippen LogP contribution in [-0.4, -0.2) is 17.7 Å². The minimum atomic E-state index is -1.09. The summed E-state index contributed by atoms with van der Waals surface area (Å²) in [6.45, 7) is 3.79. The predicted molar refractivity (Wildman–Crippen MR) is 79.0 cm³/mol. The molecule has 2 aromatic rings. The summed E-state index contributed by atoms with van der Waals surface area (Å²) in [5, 5.41) is 0. The van der Waals surface area contributed by atoms with Crippen molar-refractivity contribution in [1.82, 2.24) is 0 Å². The number of carbonyl (C=O) groups excluding carboxylic acids is 2. The molecule has 2 aromatic carbocycles. The van der Waals surface area contributed by atoms with Crippen molar-refractivity contribution >= 4 is 11.6 Å². The Bertz CT molecular complexity index is 689. The molecule has 0 spiro atoms. The minimum absolute atomic E-state index is 0.319. The van der Waals surface area contributed by atoms with Crippen molar-refractivity contribution in [3.63, 3.8) is 0 Å². The number of ketones is 2. The first-order valence-corrected chi connectivity index (χ1v) is 6.71. The fraction of sp³-hybridized carbons (Fsp3) is 0.111. The van der Waals surface area contributed by atoms with Gasteiger partial charge in [0.2, 0.25) is 0 Å². The van der Waals surface area contributed by atoms with Crippen LogP contribution in [0.5, 0.6) is 0 Å². The number of Topliss-reactive ketones (excluding diaryl/α,β-unsaturated/α-hetero) is 2. The highest BCUT2D eigenvalue weighted by atomic mass is 16.5. The van der Waals surface area contributed by atoms with Gasteiger partial charge in [0.25, 0.3) is 0 Å². The first kappa shape index (κ1) is 13.5. The molecule has 3 nitrogen and oxygen atoms in total. The molecule has 2 atom stereocenters. The molecule has 0 saturated carbocycles. The van der Waals surface area contributed by atoms with Crippen molar-refractivity contribution in [3.8, 4) is 0 Å². The second-order valence-corrected chi connectivity index (χ2v) is 4.93. The van der Waals surface area contributed by atoms with Crippen LogP contribution in [0.3, 0.4) is 0 Å². The van der Waals surface area contributed by atoms with Gasteiger partial charge < -0.3 is 4.74 Å². The summed E-state index contributed by atoms with van der Waals surface area (Å²) in [6, 6.07) is 18.0. The number of ether oxygens (including phenoxy) is 1. The number of hydrogen-bond acceptors (Lipinski definition) is 3. The largest absolute Gasteiger partial charge is 0.349 e. The minimum Gasteiger partial charge on any atom is -0.349 e. The fourth-order valence-electron chi connectivity index (χ4n) is 2.42. The third-order valence-corrected chi connectivity index (χ3v) is 3.54. The van der Waals surface area contributed by atoms with Gasteiger partial charge in [-0.3, -0.25) is 9.59 Å². The first-order valence-electron chi connectivity index (χ1n) is 6.71. The highest BCUT2D eigenvalue weighted by molar-refractivity contribution is 6.19. The van der Waals surface area contributed by atoms with Gasteiger partial charge in [0.05, 0.1) is 0 Å². The zero-order valence-electron chi connectivity index (χ0n) is 11.4. The smallest absolute Gasteiger partial charge is 0.199 e. The Labute approximate surface area is 122 Å². The van der Waals surface area contributed by atoms with E-state index in [1.807, 2.05) is 36.4 Å². The van der Waals surface area contributed by atoms with Gasteiger partial charge >= 0.3 is 0 Å². The molecule has 0 amide bonds. The summed E-state index contributed by atoms with van der Waals surface area (Å²) in [5.41, 5.74) is 1.63. The molecule has 1 heterocycles. The molecule has 1 aliphatic rings. The first-order chi connectivity index (χ1) is 10.2. The van der Waals surface area contributed by atoms with Gasteiger partial charge in [-0.2, -0.15) is 0 Å². The maximum atomic E-state index is 12.4. The van der Waals surface area contributed by atoms with Crippen LogP contribution in [0.25, 0.3) is 0 Å². The molecule has 104 valence electrons. The van der Waals surface area contributed by atoms with Gasteiger partial charge in [-0.05, 0) is 5.56 Å². The molecular weight excluding hydrogens is 264 g/mol. The Kier molecular flexibility index (Phi) is 3.50. The maximum Gasteiger partial charge on any atom is 0.199 e. The van der Waals surface area contributed by atoms with E-state index in [4.69, 9.17) is 4.74 Å². The molecule has 3 rings (SSSR count). The second kappa shape index (κ2) is 5.46. The highest BCUT2D eigenvalue weighted by Gasteiger charge is 2.42. The van der Waals surface area contributed by atoms with Crippen LogP contribution < -0.4 is 0 Å². The van der Waals surface area contributed by atoms with Crippen LogP contribution in [0.4, 0.5) is 0 Å². The zero-order chi connectivity index (χ0) is 14.8. The molecule has 0 aliphatic carbocycles. The van der Waals surface area contributed by atoms with E-state index < -0.39 is 12.2 Å². The third kappa shape index (κ3) is 2.43. The van der Waals surface area contributed by atoms with Crippen molar-refractivity contribution < 1.29 is 14.3 Å². The van der Waals surface area contributed by atoms with E-state index in [0.717, 1.165) is 5.56 Å². The lowest BCUT2D eigenvalue weighted by molar-refractivity contribution is -0.118. The highest BCUT2D eigenvalue weighted by Crippen LogP contribution is 2.35. The lowest BCUT2D eigenvalue weighted by Gasteiger charge is -2.12. The maximum absolute atomic E-state index is 12.4. The van der Waals surface area contributed by atoms with Gasteiger partial charge in [0.15, 0.2) is 17.7 Å². The van der Waals surface area contributed by atoms with Gasteiger partial charge in [-0.25, -0.2) is 0 Å². The zero-order valence-corrected chi connectivity index (χ0v) is 11.4. The van der Waals surface area contributed by atoms with E-state index in [-0.39, 0.29) is 11.6 Å². The topological polar surface area (TPSA) is 43.4 Å². The summed E-state index contributed by atoms with van der Waals surface area (Å²) in [7, 11) is 0. The van der Waals surface area contributed by atoms with E-state index in [9.17, 15) is 9.59 Å². The van der Waals surface area contributed by atoms with E-state index in [2.05, 4.69) is 6.58 Å². The number of carbonyl (C=O) groups is 2. The summed E-state index contributed by atoms with van der Waals surface area (Å²) in [4.78, 5) is 24.7. The standard InChI is InChI=1S/C18H14O3/c1-12-15(19)18(16(20)13-8-4-2-5-9-13)21-17(12)14-10-6-3-7-11-14/h2-11,17-18H,1H2. The van der Waals surface area contributed by atoms with E-state index >= 15 is 0 Å². The van der Waals surface area contributed by atoms with Gasteiger partial charge in [0, 0.05) is 11.1 Å². The summed E-state index contributed by atoms with van der Waals surface area (Å²) in [5.74, 6) is -0.655. The van der Waals surface area contributed by atoms with Crippen molar-refractivity contribution in [3.05, 3.63) is 83.9 Å². The van der Waals surface area contributed by atoms with E-state index in [1.165, 1.54) is 0 Å². The van der Waals surface area contributed by atoms with Crippen LogP contribution in [0.1, 0.15) is 22.0 Å². The van der Waals surface area contributed by atoms with Gasteiger partial charge in [-0.15, -0.1) is 0 Å². The van der Waals surface area contributed by atoms with Crippen LogP contribution in [-0.2, 0) is 9.53 Å². The Balaban J connectivity index is 1.88. The molecule has 0 aromatic heterocycles. The quantitative estimate of drug-likeness (QED) is 0.492.